The number of benzene rings is 3. The number of rotatable bonds is 15. The molecule has 0 saturated carbocycles. The Balaban J connectivity index is 1.36. The summed E-state index contributed by atoms with van der Waals surface area (Å²) in [5.41, 5.74) is 14.7. The van der Waals surface area contributed by atoms with Gasteiger partial charge in [0.1, 0.15) is 12.1 Å². The molecule has 0 spiro atoms. The van der Waals surface area contributed by atoms with E-state index in [9.17, 15) is 24.3 Å². The first-order chi connectivity index (χ1) is 23.8. The Kier molecular flexibility index (Phi) is 12.2. The first-order valence-corrected chi connectivity index (χ1v) is 17.0. The topological polar surface area (TPSA) is 184 Å². The van der Waals surface area contributed by atoms with Gasteiger partial charge in [-0.3, -0.25) is 19.2 Å². The molecule has 3 atom stereocenters. The van der Waals surface area contributed by atoms with Crippen molar-refractivity contribution >= 4 is 34.5 Å². The lowest BCUT2D eigenvalue weighted by Gasteiger charge is -2.35. The van der Waals surface area contributed by atoms with E-state index in [2.05, 4.69) is 27.8 Å². The van der Waals surface area contributed by atoms with Gasteiger partial charge in [-0.15, -0.1) is 0 Å². The predicted octanol–water partition coefficient (Wildman–Crippen LogP) is 3.09. The highest BCUT2D eigenvalue weighted by molar-refractivity contribution is 5.98. The van der Waals surface area contributed by atoms with Crippen LogP contribution >= 0.6 is 0 Å². The number of nitrogens with one attached hydrogen (secondary N) is 3. The highest BCUT2D eigenvalue weighted by atomic mass is 16.3. The zero-order chi connectivity index (χ0) is 34.8. The molecule has 5 rings (SSSR count). The number of aromatic nitrogens is 1. The number of unbranched alkanes of at least 4 members (excludes halogenated alkanes) is 1. The second-order valence-corrected chi connectivity index (χ2v) is 12.7. The molecule has 1 fully saturated rings. The van der Waals surface area contributed by atoms with Crippen LogP contribution in [-0.2, 0) is 20.8 Å². The van der Waals surface area contributed by atoms with Crippen LogP contribution in [0.5, 0.6) is 0 Å². The summed E-state index contributed by atoms with van der Waals surface area (Å²) in [7, 11) is 0. The van der Waals surface area contributed by atoms with Crippen LogP contribution in [0.4, 0.5) is 0 Å². The number of hydrogen-bond acceptors (Lipinski definition) is 6. The van der Waals surface area contributed by atoms with Gasteiger partial charge in [0, 0.05) is 42.2 Å². The fourth-order valence-electron chi connectivity index (χ4n) is 6.75. The maximum Gasteiger partial charge on any atom is 0.249 e. The summed E-state index contributed by atoms with van der Waals surface area (Å²) >= 11 is 0. The fourth-order valence-corrected chi connectivity index (χ4v) is 6.75. The number of aromatic amines is 1. The predicted molar refractivity (Wildman–Crippen MR) is 189 cm³/mol. The number of primary amides is 1. The lowest BCUT2D eigenvalue weighted by atomic mass is 9.89. The minimum absolute atomic E-state index is 0.112. The third-order valence-electron chi connectivity index (χ3n) is 9.47. The lowest BCUT2D eigenvalue weighted by molar-refractivity contribution is -0.138. The summed E-state index contributed by atoms with van der Waals surface area (Å²) in [5, 5.41) is 17.0. The number of fused-ring (bicyclic) bond motifs is 1. The number of hydrogen-bond donors (Lipinski definition) is 6. The van der Waals surface area contributed by atoms with E-state index in [-0.39, 0.29) is 29.9 Å². The average Bonchev–Trinajstić information content (AvgIpc) is 3.54. The summed E-state index contributed by atoms with van der Waals surface area (Å²) in [4.78, 5) is 59.0. The van der Waals surface area contributed by atoms with Gasteiger partial charge < -0.3 is 37.1 Å². The minimum Gasteiger partial charge on any atom is -0.395 e. The van der Waals surface area contributed by atoms with E-state index in [0.29, 0.717) is 38.4 Å². The van der Waals surface area contributed by atoms with Crippen LogP contribution < -0.4 is 22.1 Å². The summed E-state index contributed by atoms with van der Waals surface area (Å²) in [6.07, 6.45) is 5.18. The summed E-state index contributed by atoms with van der Waals surface area (Å²) in [5.74, 6) is -2.84. The standard InChI is InChI=1S/C38H46N6O5/c39-19-9-8-16-33(42-36(47)31(24-45)29-13-4-5-14-30(29)35(40)46)37(48)43-34(22-27-23-41-32-15-7-6-12-28(27)32)38(49)44-20-17-26(18-21-44)25-10-2-1-3-11-25/h1-7,10-15,23,26,31,33-34,41,45H,8-9,16-22,24,39H2,(H2,40,46)(H,42,47)(H,43,48)/t31-,33+,34-/m0/s1. The van der Waals surface area contributed by atoms with Crippen LogP contribution in [0.15, 0.2) is 85.1 Å². The van der Waals surface area contributed by atoms with E-state index in [1.165, 1.54) is 11.6 Å². The van der Waals surface area contributed by atoms with Gasteiger partial charge in [0.15, 0.2) is 0 Å². The van der Waals surface area contributed by atoms with Crippen molar-refractivity contribution in [2.45, 2.75) is 62.4 Å². The smallest absolute Gasteiger partial charge is 0.249 e. The van der Waals surface area contributed by atoms with Crippen LogP contribution in [0.2, 0.25) is 0 Å². The highest BCUT2D eigenvalue weighted by Crippen LogP contribution is 2.29. The van der Waals surface area contributed by atoms with Gasteiger partial charge in [-0.1, -0.05) is 66.7 Å². The van der Waals surface area contributed by atoms with Gasteiger partial charge in [0.25, 0.3) is 0 Å². The molecule has 8 N–H and O–H groups in total. The maximum absolute atomic E-state index is 14.2. The minimum atomic E-state index is -1.14. The van der Waals surface area contributed by atoms with Crippen molar-refractivity contribution in [2.24, 2.45) is 11.5 Å². The Labute approximate surface area is 286 Å². The Morgan fingerprint density at radius 1 is 0.857 bits per heavy atom. The molecule has 0 radical (unpaired) electrons. The Bertz CT molecular complexity index is 1730. The van der Waals surface area contributed by atoms with E-state index in [1.807, 2.05) is 53.6 Å². The Morgan fingerprint density at radius 3 is 2.24 bits per heavy atom. The number of amides is 4. The molecule has 1 aromatic heterocycles. The molecule has 11 heteroatoms. The van der Waals surface area contributed by atoms with Gasteiger partial charge >= 0.3 is 0 Å². The molecule has 1 aliphatic heterocycles. The largest absolute Gasteiger partial charge is 0.395 e. The van der Waals surface area contributed by atoms with Crippen LogP contribution in [0.25, 0.3) is 10.9 Å². The van der Waals surface area contributed by atoms with Crippen molar-refractivity contribution in [1.82, 2.24) is 20.5 Å². The molecule has 2 heterocycles. The van der Waals surface area contributed by atoms with E-state index in [4.69, 9.17) is 11.5 Å². The van der Waals surface area contributed by atoms with Crippen LogP contribution in [0, 0.1) is 0 Å². The maximum atomic E-state index is 14.2. The second kappa shape index (κ2) is 16.9. The van der Waals surface area contributed by atoms with Crippen molar-refractivity contribution < 1.29 is 24.3 Å². The van der Waals surface area contributed by atoms with Crippen molar-refractivity contribution in [3.63, 3.8) is 0 Å². The van der Waals surface area contributed by atoms with Gasteiger partial charge in [0.05, 0.1) is 12.5 Å². The van der Waals surface area contributed by atoms with Gasteiger partial charge in [0.2, 0.25) is 23.6 Å². The molecule has 0 unspecified atom stereocenters. The molecule has 0 aliphatic carbocycles. The molecule has 4 aromatic rings. The number of carbonyl (C=O) groups is 4. The monoisotopic (exact) mass is 666 g/mol. The molecule has 258 valence electrons. The number of aliphatic hydroxyl groups is 1. The number of piperidine rings is 1. The van der Waals surface area contributed by atoms with Gasteiger partial charge in [-0.2, -0.15) is 0 Å². The highest BCUT2D eigenvalue weighted by Gasteiger charge is 2.34. The van der Waals surface area contributed by atoms with Crippen molar-refractivity contribution in [3.05, 3.63) is 107 Å². The van der Waals surface area contributed by atoms with E-state index >= 15 is 0 Å². The third-order valence-corrected chi connectivity index (χ3v) is 9.47. The number of H-pyrrole nitrogens is 1. The van der Waals surface area contributed by atoms with Crippen molar-refractivity contribution in [2.75, 3.05) is 26.2 Å². The molecule has 1 saturated heterocycles. The lowest BCUT2D eigenvalue weighted by Crippen LogP contribution is -2.56. The van der Waals surface area contributed by atoms with E-state index in [1.54, 1.807) is 18.2 Å². The zero-order valence-corrected chi connectivity index (χ0v) is 27.6. The third kappa shape index (κ3) is 8.73. The van der Waals surface area contributed by atoms with Crippen LogP contribution in [0.1, 0.15) is 71.0 Å². The van der Waals surface area contributed by atoms with Crippen LogP contribution in [0.3, 0.4) is 0 Å². The van der Waals surface area contributed by atoms with Gasteiger partial charge in [-0.25, -0.2) is 0 Å². The number of para-hydroxylation sites is 1. The number of carbonyl (C=O) groups excluding carboxylic acids is 4. The quantitative estimate of drug-likeness (QED) is 0.106. The summed E-state index contributed by atoms with van der Waals surface area (Å²) in [6, 6.07) is 22.5. The number of aliphatic hydroxyl groups excluding tert-OH is 1. The van der Waals surface area contributed by atoms with Gasteiger partial charge in [-0.05, 0) is 73.4 Å². The Hall–Kier alpha value is -5.00. The molecule has 0 bridgehead atoms. The van der Waals surface area contributed by atoms with Crippen molar-refractivity contribution in [3.8, 4) is 0 Å². The Morgan fingerprint density at radius 2 is 1.53 bits per heavy atom. The summed E-state index contributed by atoms with van der Waals surface area (Å²) in [6.45, 7) is 0.932. The molecule has 1 aliphatic rings. The number of likely N-dealkylation sites (tertiary alicyclic amines) is 1. The summed E-state index contributed by atoms with van der Waals surface area (Å²) < 4.78 is 0. The fraction of sp³-hybridized carbons (Fsp3) is 0.368. The van der Waals surface area contributed by atoms with E-state index < -0.39 is 42.3 Å². The average molecular weight is 667 g/mol. The van der Waals surface area contributed by atoms with Crippen molar-refractivity contribution in [1.29, 1.82) is 0 Å². The number of nitrogens with two attached hydrogens (primary N) is 2. The number of nitrogens with zero attached hydrogens (tertiary/aromatic N) is 1. The zero-order valence-electron chi connectivity index (χ0n) is 27.6. The van der Waals surface area contributed by atoms with E-state index in [0.717, 1.165) is 29.3 Å². The first kappa shape index (κ1) is 35.3. The first-order valence-electron chi connectivity index (χ1n) is 17.0. The molecular formula is C38H46N6O5. The second-order valence-electron chi connectivity index (χ2n) is 12.7. The molecule has 11 nitrogen and oxygen atoms in total. The molecule has 49 heavy (non-hydrogen) atoms. The normalized spacial score (nSPS) is 15.3. The van der Waals surface area contributed by atoms with Crippen LogP contribution in [-0.4, -0.2) is 76.9 Å². The SMILES string of the molecule is NCCCC[C@@H](NC(=O)[C@@H](CO)c1ccccc1C(N)=O)C(=O)N[C@@H](Cc1c[nH]c2ccccc12)C(=O)N1CCC(c2ccccc2)CC1. The molecule has 3 aromatic carbocycles. The molecule has 4 amide bonds. The molecular weight excluding hydrogens is 620 g/mol.